The molecule has 1 amide bonds. The van der Waals surface area contributed by atoms with Crippen LogP contribution in [0.25, 0.3) is 10.9 Å². The molecule has 28 heavy (non-hydrogen) atoms. The van der Waals surface area contributed by atoms with Crippen molar-refractivity contribution in [3.8, 4) is 5.75 Å². The molecule has 6 heteroatoms. The van der Waals surface area contributed by atoms with Crippen LogP contribution in [-0.2, 0) is 7.05 Å². The van der Waals surface area contributed by atoms with Crippen molar-refractivity contribution in [3.63, 3.8) is 0 Å². The number of nitrogens with zero attached hydrogens (tertiary/aromatic N) is 2. The van der Waals surface area contributed by atoms with E-state index in [1.165, 1.54) is 0 Å². The molecule has 0 radical (unpaired) electrons. The van der Waals surface area contributed by atoms with Crippen LogP contribution in [0.5, 0.6) is 5.75 Å². The fourth-order valence-electron chi connectivity index (χ4n) is 4.07. The lowest BCUT2D eigenvalue weighted by Gasteiger charge is -2.37. The molecule has 0 spiro atoms. The average Bonchev–Trinajstić information content (AvgIpc) is 2.94. The first-order chi connectivity index (χ1) is 13.5. The van der Waals surface area contributed by atoms with E-state index in [2.05, 4.69) is 10.3 Å². The van der Waals surface area contributed by atoms with Gasteiger partial charge in [-0.1, -0.05) is 6.07 Å². The predicted molar refractivity (Wildman–Crippen MR) is 107 cm³/mol. The van der Waals surface area contributed by atoms with E-state index in [1.807, 2.05) is 54.9 Å². The Bertz CT molecular complexity index is 1010. The van der Waals surface area contributed by atoms with E-state index in [0.717, 1.165) is 28.0 Å². The number of carbonyl (C=O) groups excluding carboxylic acids is 1. The van der Waals surface area contributed by atoms with Gasteiger partial charge >= 0.3 is 0 Å². The van der Waals surface area contributed by atoms with Gasteiger partial charge in [0.05, 0.1) is 30.5 Å². The first kappa shape index (κ1) is 18.5. The predicted octanol–water partition coefficient (Wildman–Crippen LogP) is 3.13. The van der Waals surface area contributed by atoms with Gasteiger partial charge in [-0.25, -0.2) is 0 Å². The maximum absolute atomic E-state index is 13.3. The summed E-state index contributed by atoms with van der Waals surface area (Å²) < 4.78 is 7.37. The fourth-order valence-corrected chi connectivity index (χ4v) is 4.07. The van der Waals surface area contributed by atoms with E-state index in [4.69, 9.17) is 4.74 Å². The number of amides is 1. The van der Waals surface area contributed by atoms with Gasteiger partial charge in [0, 0.05) is 29.8 Å². The van der Waals surface area contributed by atoms with Crippen molar-refractivity contribution in [2.75, 3.05) is 7.11 Å². The Balaban J connectivity index is 1.71. The SMILES string of the molecule is COc1ccc2c(c1)c(C(=O)NC(c1ccccn1)C1CC(O)C1)c(C)n2C. The highest BCUT2D eigenvalue weighted by atomic mass is 16.5. The molecule has 1 atom stereocenters. The Hall–Kier alpha value is -2.86. The molecule has 1 saturated carbocycles. The second-order valence-corrected chi connectivity index (χ2v) is 7.49. The molecular weight excluding hydrogens is 354 g/mol. The van der Waals surface area contributed by atoms with Gasteiger partial charge in [-0.3, -0.25) is 9.78 Å². The van der Waals surface area contributed by atoms with Crippen molar-refractivity contribution in [2.24, 2.45) is 13.0 Å². The molecular formula is C22H25N3O3. The van der Waals surface area contributed by atoms with Crippen LogP contribution in [0, 0.1) is 12.8 Å². The topological polar surface area (TPSA) is 76.4 Å². The van der Waals surface area contributed by atoms with Crippen molar-refractivity contribution in [3.05, 3.63) is 59.5 Å². The Morgan fingerprint density at radius 1 is 1.32 bits per heavy atom. The highest BCUT2D eigenvalue weighted by Gasteiger charge is 2.37. The lowest BCUT2D eigenvalue weighted by Crippen LogP contribution is -2.41. The lowest BCUT2D eigenvalue weighted by atomic mass is 9.76. The van der Waals surface area contributed by atoms with Gasteiger partial charge in [-0.15, -0.1) is 0 Å². The smallest absolute Gasteiger partial charge is 0.254 e. The van der Waals surface area contributed by atoms with Gasteiger partial charge in [0.25, 0.3) is 5.91 Å². The molecule has 6 nitrogen and oxygen atoms in total. The Morgan fingerprint density at radius 3 is 2.75 bits per heavy atom. The zero-order chi connectivity index (χ0) is 19.8. The number of aromatic nitrogens is 2. The number of hydrogen-bond acceptors (Lipinski definition) is 4. The summed E-state index contributed by atoms with van der Waals surface area (Å²) in [5.74, 6) is 0.766. The number of aryl methyl sites for hydroxylation is 1. The second-order valence-electron chi connectivity index (χ2n) is 7.49. The summed E-state index contributed by atoms with van der Waals surface area (Å²) in [4.78, 5) is 17.8. The summed E-state index contributed by atoms with van der Waals surface area (Å²) in [6.07, 6.45) is 2.78. The van der Waals surface area contributed by atoms with E-state index in [9.17, 15) is 9.90 Å². The number of pyridine rings is 1. The number of hydrogen-bond donors (Lipinski definition) is 2. The third-order valence-corrected chi connectivity index (χ3v) is 5.84. The van der Waals surface area contributed by atoms with Gasteiger partial charge in [-0.05, 0) is 56.0 Å². The summed E-state index contributed by atoms with van der Waals surface area (Å²) >= 11 is 0. The molecule has 4 rings (SSSR count). The number of methoxy groups -OCH3 is 1. The van der Waals surface area contributed by atoms with E-state index in [0.29, 0.717) is 18.4 Å². The molecule has 146 valence electrons. The minimum atomic E-state index is -0.295. The van der Waals surface area contributed by atoms with E-state index >= 15 is 0 Å². The van der Waals surface area contributed by atoms with Crippen LogP contribution in [0.3, 0.4) is 0 Å². The van der Waals surface area contributed by atoms with Gasteiger partial charge in [0.2, 0.25) is 0 Å². The van der Waals surface area contributed by atoms with E-state index < -0.39 is 0 Å². The minimum Gasteiger partial charge on any atom is -0.497 e. The summed E-state index contributed by atoms with van der Waals surface area (Å²) in [5, 5.41) is 13.8. The van der Waals surface area contributed by atoms with Crippen molar-refractivity contribution in [2.45, 2.75) is 31.9 Å². The summed E-state index contributed by atoms with van der Waals surface area (Å²) in [6.45, 7) is 1.95. The monoisotopic (exact) mass is 379 g/mol. The van der Waals surface area contributed by atoms with Gasteiger partial charge in [0.15, 0.2) is 0 Å². The maximum Gasteiger partial charge on any atom is 0.254 e. The van der Waals surface area contributed by atoms with Crippen LogP contribution in [0.4, 0.5) is 0 Å². The highest BCUT2D eigenvalue weighted by molar-refractivity contribution is 6.08. The number of aliphatic hydroxyl groups is 1. The van der Waals surface area contributed by atoms with Crippen molar-refractivity contribution in [1.29, 1.82) is 0 Å². The molecule has 0 bridgehead atoms. The van der Waals surface area contributed by atoms with Gasteiger partial charge in [-0.2, -0.15) is 0 Å². The number of ether oxygens (including phenoxy) is 1. The summed E-state index contributed by atoms with van der Waals surface area (Å²) in [6, 6.07) is 11.3. The lowest BCUT2D eigenvalue weighted by molar-refractivity contribution is 0.0228. The van der Waals surface area contributed by atoms with Crippen LogP contribution in [-0.4, -0.2) is 33.8 Å². The number of nitrogens with one attached hydrogen (secondary N) is 1. The van der Waals surface area contributed by atoms with Gasteiger partial charge < -0.3 is 19.7 Å². The van der Waals surface area contributed by atoms with Crippen molar-refractivity contribution in [1.82, 2.24) is 14.9 Å². The Kier molecular flexibility index (Phi) is 4.81. The zero-order valence-corrected chi connectivity index (χ0v) is 16.3. The van der Waals surface area contributed by atoms with Crippen LogP contribution in [0.15, 0.2) is 42.6 Å². The molecule has 2 aromatic heterocycles. The fraction of sp³-hybridized carbons (Fsp3) is 0.364. The molecule has 1 aliphatic rings. The van der Waals surface area contributed by atoms with E-state index in [-0.39, 0.29) is 24.0 Å². The number of fused-ring (bicyclic) bond motifs is 1. The molecule has 1 aromatic carbocycles. The molecule has 0 saturated heterocycles. The highest BCUT2D eigenvalue weighted by Crippen LogP contribution is 2.38. The van der Waals surface area contributed by atoms with E-state index in [1.54, 1.807) is 13.3 Å². The van der Waals surface area contributed by atoms with Crippen molar-refractivity contribution >= 4 is 16.8 Å². The number of rotatable bonds is 5. The first-order valence-electron chi connectivity index (χ1n) is 9.52. The van der Waals surface area contributed by atoms with Crippen LogP contribution in [0.1, 0.15) is 40.6 Å². The third-order valence-electron chi connectivity index (χ3n) is 5.84. The standard InChI is InChI=1S/C22H25N3O3/c1-13-20(17-12-16(28-3)7-8-19(17)25(13)2)22(27)24-21(14-10-15(26)11-14)18-6-4-5-9-23-18/h4-9,12,14-15,21,26H,10-11H2,1-3H3,(H,24,27). The largest absolute Gasteiger partial charge is 0.497 e. The first-order valence-corrected chi connectivity index (χ1v) is 9.52. The van der Waals surface area contributed by atoms with Gasteiger partial charge in [0.1, 0.15) is 5.75 Å². The normalized spacial score (nSPS) is 19.9. The molecule has 3 aromatic rings. The molecule has 2 heterocycles. The number of carbonyl (C=O) groups is 1. The Labute approximate surface area is 164 Å². The molecule has 1 aliphatic carbocycles. The maximum atomic E-state index is 13.3. The summed E-state index contributed by atoms with van der Waals surface area (Å²) in [5.41, 5.74) is 3.35. The van der Waals surface area contributed by atoms with Crippen LogP contribution < -0.4 is 10.1 Å². The number of benzene rings is 1. The number of aliphatic hydroxyl groups excluding tert-OH is 1. The zero-order valence-electron chi connectivity index (χ0n) is 16.3. The molecule has 1 unspecified atom stereocenters. The van der Waals surface area contributed by atoms with Crippen LogP contribution in [0.2, 0.25) is 0 Å². The molecule has 1 fully saturated rings. The molecule has 0 aliphatic heterocycles. The quantitative estimate of drug-likeness (QED) is 0.714. The van der Waals surface area contributed by atoms with Crippen molar-refractivity contribution < 1.29 is 14.6 Å². The molecule has 2 N–H and O–H groups in total. The third kappa shape index (κ3) is 3.14. The average molecular weight is 379 g/mol. The Morgan fingerprint density at radius 2 is 2.11 bits per heavy atom. The second kappa shape index (κ2) is 7.28. The van der Waals surface area contributed by atoms with Crippen LogP contribution >= 0.6 is 0 Å². The summed E-state index contributed by atoms with van der Waals surface area (Å²) in [7, 11) is 3.58. The minimum absolute atomic E-state index is 0.131.